The van der Waals surface area contributed by atoms with Crippen LogP contribution in [-0.4, -0.2) is 5.78 Å². The molecule has 0 unspecified atom stereocenters. The molecule has 0 amide bonds. The molecule has 0 fully saturated rings. The smallest absolute Gasteiger partial charge is 0.294 e. The average Bonchev–Trinajstić information content (AvgIpc) is 2.84. The summed E-state index contributed by atoms with van der Waals surface area (Å²) in [5, 5.41) is 0. The second-order valence-electron chi connectivity index (χ2n) is 4.51. The van der Waals surface area contributed by atoms with Crippen molar-refractivity contribution in [1.82, 2.24) is 0 Å². The second kappa shape index (κ2) is 5.97. The number of carbonyl (C=O) groups excluding carboxylic acids is 1. The molecule has 0 bridgehead atoms. The van der Waals surface area contributed by atoms with Crippen molar-refractivity contribution in [2.24, 2.45) is 0 Å². The fourth-order valence-electron chi connectivity index (χ4n) is 1.96. The molecule has 0 radical (unpaired) electrons. The van der Waals surface area contributed by atoms with E-state index in [0.29, 0.717) is 23.1 Å². The molecule has 0 N–H and O–H groups in total. The number of alkyl halides is 3. The lowest BCUT2D eigenvalue weighted by molar-refractivity contribution is -0.137. The van der Waals surface area contributed by atoms with E-state index in [1.807, 2.05) is 13.0 Å². The number of carbonyl (C=O) groups is 1. The lowest BCUT2D eigenvalue weighted by Crippen LogP contribution is -2.14. The molecular formula is C15H12F4OS. The van der Waals surface area contributed by atoms with Crippen molar-refractivity contribution in [3.63, 3.8) is 0 Å². The fraction of sp³-hybridized carbons (Fsp3) is 0.267. The maximum Gasteiger partial charge on any atom is 0.417 e. The SMILES string of the molecule is CCc1ccc(CC(=O)c2cc(F)ccc2C(F)(F)F)s1. The van der Waals surface area contributed by atoms with Crippen molar-refractivity contribution in [2.45, 2.75) is 25.9 Å². The highest BCUT2D eigenvalue weighted by atomic mass is 32.1. The molecule has 0 aliphatic carbocycles. The predicted octanol–water partition coefficient (Wildman–Crippen LogP) is 4.89. The molecule has 1 aromatic carbocycles. The molecule has 0 spiro atoms. The fourth-order valence-corrected chi connectivity index (χ4v) is 2.91. The number of benzene rings is 1. The van der Waals surface area contributed by atoms with Crippen molar-refractivity contribution in [2.75, 3.05) is 0 Å². The minimum absolute atomic E-state index is 0.156. The van der Waals surface area contributed by atoms with Gasteiger partial charge in [0.2, 0.25) is 0 Å². The Morgan fingerprint density at radius 3 is 2.38 bits per heavy atom. The Morgan fingerprint density at radius 2 is 1.81 bits per heavy atom. The topological polar surface area (TPSA) is 17.1 Å². The molecule has 112 valence electrons. The van der Waals surface area contributed by atoms with E-state index < -0.39 is 28.9 Å². The summed E-state index contributed by atoms with van der Waals surface area (Å²) < 4.78 is 51.8. The van der Waals surface area contributed by atoms with Gasteiger partial charge in [0.1, 0.15) is 5.82 Å². The minimum atomic E-state index is -4.68. The summed E-state index contributed by atoms with van der Waals surface area (Å²) >= 11 is 1.38. The number of rotatable bonds is 4. The Morgan fingerprint density at radius 1 is 1.14 bits per heavy atom. The zero-order valence-electron chi connectivity index (χ0n) is 11.1. The molecule has 0 saturated carbocycles. The molecule has 0 atom stereocenters. The van der Waals surface area contributed by atoms with Gasteiger partial charge in [0.25, 0.3) is 0 Å². The number of ketones is 1. The van der Waals surface area contributed by atoms with Gasteiger partial charge in [0.05, 0.1) is 5.56 Å². The molecule has 6 heteroatoms. The van der Waals surface area contributed by atoms with Crippen LogP contribution >= 0.6 is 11.3 Å². The molecule has 1 heterocycles. The number of aryl methyl sites for hydroxylation is 1. The van der Waals surface area contributed by atoms with E-state index in [0.717, 1.165) is 11.3 Å². The van der Waals surface area contributed by atoms with E-state index in [-0.39, 0.29) is 6.42 Å². The monoisotopic (exact) mass is 316 g/mol. The van der Waals surface area contributed by atoms with Gasteiger partial charge >= 0.3 is 6.18 Å². The van der Waals surface area contributed by atoms with Gasteiger partial charge in [-0.2, -0.15) is 13.2 Å². The van der Waals surface area contributed by atoms with Gasteiger partial charge in [0.15, 0.2) is 5.78 Å². The van der Waals surface area contributed by atoms with Crippen LogP contribution in [0.4, 0.5) is 17.6 Å². The van der Waals surface area contributed by atoms with Gasteiger partial charge in [-0.05, 0) is 36.8 Å². The summed E-state index contributed by atoms with van der Waals surface area (Å²) in [7, 11) is 0. The number of hydrogen-bond donors (Lipinski definition) is 0. The molecule has 1 nitrogen and oxygen atoms in total. The van der Waals surface area contributed by atoms with Gasteiger partial charge in [0, 0.05) is 21.7 Å². The summed E-state index contributed by atoms with van der Waals surface area (Å²) in [5.74, 6) is -1.59. The van der Waals surface area contributed by atoms with Gasteiger partial charge in [-0.3, -0.25) is 4.79 Å². The summed E-state index contributed by atoms with van der Waals surface area (Å²) in [6, 6.07) is 5.52. The number of thiophene rings is 1. The van der Waals surface area contributed by atoms with Crippen LogP contribution in [0.15, 0.2) is 30.3 Å². The Labute approximate surface area is 123 Å². The first-order valence-electron chi connectivity index (χ1n) is 6.28. The van der Waals surface area contributed by atoms with E-state index in [1.54, 1.807) is 6.07 Å². The van der Waals surface area contributed by atoms with E-state index in [9.17, 15) is 22.4 Å². The summed E-state index contributed by atoms with van der Waals surface area (Å²) in [6.07, 6.45) is -4.04. The number of hydrogen-bond acceptors (Lipinski definition) is 2. The maximum atomic E-state index is 13.2. The quantitative estimate of drug-likeness (QED) is 0.579. The summed E-state index contributed by atoms with van der Waals surface area (Å²) in [6.45, 7) is 1.95. The van der Waals surface area contributed by atoms with Crippen molar-refractivity contribution >= 4 is 17.1 Å². The van der Waals surface area contributed by atoms with E-state index in [2.05, 4.69) is 0 Å². The maximum absolute atomic E-state index is 13.2. The Hall–Kier alpha value is -1.69. The lowest BCUT2D eigenvalue weighted by Gasteiger charge is -2.11. The van der Waals surface area contributed by atoms with Gasteiger partial charge in [-0.1, -0.05) is 6.92 Å². The van der Waals surface area contributed by atoms with Crippen LogP contribution in [0.2, 0.25) is 0 Å². The molecule has 0 aliphatic heterocycles. The Balaban J connectivity index is 2.32. The van der Waals surface area contributed by atoms with Crippen molar-refractivity contribution in [3.8, 4) is 0 Å². The van der Waals surface area contributed by atoms with Crippen LogP contribution in [0.1, 0.15) is 32.6 Å². The van der Waals surface area contributed by atoms with E-state index in [4.69, 9.17) is 0 Å². The first-order chi connectivity index (χ1) is 9.81. The molecule has 2 aromatic rings. The average molecular weight is 316 g/mol. The van der Waals surface area contributed by atoms with Crippen LogP contribution in [0.5, 0.6) is 0 Å². The predicted molar refractivity (Wildman–Crippen MR) is 73.1 cm³/mol. The number of halogens is 4. The highest BCUT2D eigenvalue weighted by molar-refractivity contribution is 7.12. The Kier molecular flexibility index (Phi) is 4.46. The first-order valence-corrected chi connectivity index (χ1v) is 7.10. The van der Waals surface area contributed by atoms with E-state index >= 15 is 0 Å². The zero-order valence-corrected chi connectivity index (χ0v) is 11.9. The van der Waals surface area contributed by atoms with Gasteiger partial charge in [-0.15, -0.1) is 11.3 Å². The van der Waals surface area contributed by atoms with E-state index in [1.165, 1.54) is 11.3 Å². The molecule has 0 aliphatic rings. The number of Topliss-reactive ketones (excluding diaryl/α,β-unsaturated/α-hetero) is 1. The highest BCUT2D eigenvalue weighted by Gasteiger charge is 2.35. The molecule has 0 saturated heterocycles. The highest BCUT2D eigenvalue weighted by Crippen LogP contribution is 2.33. The van der Waals surface area contributed by atoms with Crippen molar-refractivity contribution in [3.05, 3.63) is 57.0 Å². The van der Waals surface area contributed by atoms with Crippen molar-refractivity contribution < 1.29 is 22.4 Å². The first kappa shape index (κ1) is 15.7. The molecule has 2 rings (SSSR count). The third-order valence-electron chi connectivity index (χ3n) is 2.99. The van der Waals surface area contributed by atoms with Crippen LogP contribution in [0, 0.1) is 5.82 Å². The summed E-state index contributed by atoms with van der Waals surface area (Å²) in [4.78, 5) is 13.8. The zero-order chi connectivity index (χ0) is 15.6. The third-order valence-corrected chi connectivity index (χ3v) is 4.22. The second-order valence-corrected chi connectivity index (χ2v) is 5.76. The minimum Gasteiger partial charge on any atom is -0.294 e. The van der Waals surface area contributed by atoms with Crippen LogP contribution in [-0.2, 0) is 19.0 Å². The normalized spacial score (nSPS) is 11.7. The summed E-state index contributed by atoms with van der Waals surface area (Å²) in [5.41, 5.74) is -1.71. The van der Waals surface area contributed by atoms with Crippen LogP contribution < -0.4 is 0 Å². The molecule has 21 heavy (non-hydrogen) atoms. The largest absolute Gasteiger partial charge is 0.417 e. The Bertz CT molecular complexity index is 658. The van der Waals surface area contributed by atoms with Gasteiger partial charge < -0.3 is 0 Å². The lowest BCUT2D eigenvalue weighted by atomic mass is 10.0. The van der Waals surface area contributed by atoms with Crippen molar-refractivity contribution in [1.29, 1.82) is 0 Å². The molecule has 1 aromatic heterocycles. The van der Waals surface area contributed by atoms with Gasteiger partial charge in [-0.25, -0.2) is 4.39 Å². The molecular weight excluding hydrogens is 304 g/mol. The van der Waals surface area contributed by atoms with Crippen LogP contribution in [0.25, 0.3) is 0 Å². The third kappa shape index (κ3) is 3.69. The van der Waals surface area contributed by atoms with Crippen LogP contribution in [0.3, 0.4) is 0 Å². The standard InChI is InChI=1S/C15H12F4OS/c1-2-10-4-5-11(21-10)8-14(20)12-7-9(16)3-6-13(12)15(17,18)19/h3-7H,2,8H2,1H3.